The highest BCUT2D eigenvalue weighted by atomic mass is 19.1. The highest BCUT2D eigenvalue weighted by Crippen LogP contribution is 2.18. The molecule has 0 saturated heterocycles. The molecular weight excluding hydrogens is 229 g/mol. The van der Waals surface area contributed by atoms with Gasteiger partial charge in [0, 0.05) is 11.8 Å². The second kappa shape index (κ2) is 5.80. The van der Waals surface area contributed by atoms with E-state index in [-0.39, 0.29) is 18.8 Å². The Morgan fingerprint density at radius 1 is 1.35 bits per heavy atom. The molecule has 0 aliphatic heterocycles. The molecule has 7 heteroatoms. The Labute approximate surface area is 96.6 Å². The lowest BCUT2D eigenvalue weighted by atomic mass is 10.3. The number of anilines is 1. The normalized spacial score (nSPS) is 9.76. The average Bonchev–Trinajstić information content (AvgIpc) is 2.31. The molecule has 0 bridgehead atoms. The number of benzene rings is 1. The molecule has 0 aromatic heterocycles. The summed E-state index contributed by atoms with van der Waals surface area (Å²) in [6.45, 7) is -0.459. The van der Waals surface area contributed by atoms with Crippen molar-refractivity contribution in [3.05, 3.63) is 24.0 Å². The van der Waals surface area contributed by atoms with Gasteiger partial charge < -0.3 is 21.5 Å². The molecule has 0 spiro atoms. The molecule has 2 amide bonds. The van der Waals surface area contributed by atoms with Gasteiger partial charge in [0.15, 0.2) is 11.6 Å². The van der Waals surface area contributed by atoms with Crippen molar-refractivity contribution in [2.24, 2.45) is 5.73 Å². The van der Waals surface area contributed by atoms with Gasteiger partial charge in [-0.3, -0.25) is 9.59 Å². The predicted octanol–water partition coefficient (Wildman–Crippen LogP) is -0.455. The number of hydrogen-bond acceptors (Lipinski definition) is 4. The Balaban J connectivity index is 2.50. The smallest absolute Gasteiger partial charge is 0.243 e. The lowest BCUT2D eigenvalue weighted by Crippen LogP contribution is -2.36. The Morgan fingerprint density at radius 3 is 2.65 bits per heavy atom. The van der Waals surface area contributed by atoms with E-state index >= 15 is 0 Å². The first-order valence-electron chi connectivity index (χ1n) is 4.78. The second-order valence-electron chi connectivity index (χ2n) is 3.20. The minimum Gasteiger partial charge on any atom is -0.505 e. The first-order valence-corrected chi connectivity index (χ1v) is 4.78. The van der Waals surface area contributed by atoms with Crippen LogP contribution in [-0.2, 0) is 9.59 Å². The number of rotatable bonds is 4. The van der Waals surface area contributed by atoms with Gasteiger partial charge in [0.1, 0.15) is 0 Å². The lowest BCUT2D eigenvalue weighted by Gasteiger charge is -2.06. The third-order valence-corrected chi connectivity index (χ3v) is 1.86. The maximum Gasteiger partial charge on any atom is 0.243 e. The summed E-state index contributed by atoms with van der Waals surface area (Å²) in [7, 11) is 0. The molecule has 0 atom stereocenters. The monoisotopic (exact) mass is 241 g/mol. The largest absolute Gasteiger partial charge is 0.505 e. The van der Waals surface area contributed by atoms with E-state index in [0.29, 0.717) is 0 Å². The molecule has 0 heterocycles. The molecule has 5 N–H and O–H groups in total. The fourth-order valence-corrected chi connectivity index (χ4v) is 1.04. The number of carbonyl (C=O) groups is 2. The molecule has 1 aromatic carbocycles. The minimum absolute atomic E-state index is 0.187. The van der Waals surface area contributed by atoms with Gasteiger partial charge in [-0.15, -0.1) is 0 Å². The molecule has 17 heavy (non-hydrogen) atoms. The van der Waals surface area contributed by atoms with E-state index in [9.17, 15) is 14.0 Å². The zero-order chi connectivity index (χ0) is 12.8. The van der Waals surface area contributed by atoms with Crippen LogP contribution in [0.2, 0.25) is 0 Å². The van der Waals surface area contributed by atoms with Gasteiger partial charge in [0.05, 0.1) is 13.1 Å². The average molecular weight is 241 g/mol. The van der Waals surface area contributed by atoms with Crippen molar-refractivity contribution < 1.29 is 19.1 Å². The first-order chi connectivity index (χ1) is 8.02. The number of aromatic hydroxyl groups is 1. The van der Waals surface area contributed by atoms with Crippen molar-refractivity contribution in [2.45, 2.75) is 0 Å². The van der Waals surface area contributed by atoms with E-state index in [1.165, 1.54) is 6.07 Å². The lowest BCUT2D eigenvalue weighted by molar-refractivity contribution is -0.123. The molecule has 0 saturated carbocycles. The van der Waals surface area contributed by atoms with Gasteiger partial charge in [-0.2, -0.15) is 0 Å². The van der Waals surface area contributed by atoms with E-state index in [2.05, 4.69) is 10.6 Å². The summed E-state index contributed by atoms with van der Waals surface area (Å²) in [4.78, 5) is 22.0. The number of hydrogen-bond donors (Lipinski definition) is 4. The molecule has 0 aliphatic rings. The van der Waals surface area contributed by atoms with Crippen LogP contribution in [0.25, 0.3) is 0 Å². The SMILES string of the molecule is NCC(=O)NCC(=O)Nc1ccc(O)c(F)c1. The van der Waals surface area contributed by atoms with Gasteiger partial charge in [0.2, 0.25) is 11.8 Å². The van der Waals surface area contributed by atoms with Gasteiger partial charge in [-0.25, -0.2) is 4.39 Å². The Kier molecular flexibility index (Phi) is 4.41. The number of phenols is 1. The van der Waals surface area contributed by atoms with Crippen molar-refractivity contribution in [1.29, 1.82) is 0 Å². The summed E-state index contributed by atoms with van der Waals surface area (Å²) in [6, 6.07) is 3.42. The summed E-state index contributed by atoms with van der Waals surface area (Å²) in [6.07, 6.45) is 0. The van der Waals surface area contributed by atoms with Crippen LogP contribution in [0.5, 0.6) is 5.75 Å². The summed E-state index contributed by atoms with van der Waals surface area (Å²) in [5, 5.41) is 13.5. The fourth-order valence-electron chi connectivity index (χ4n) is 1.04. The third kappa shape index (κ3) is 4.07. The number of phenolic OH excluding ortho intramolecular Hbond substituents is 1. The highest BCUT2D eigenvalue weighted by Gasteiger charge is 2.06. The van der Waals surface area contributed by atoms with Crippen molar-refractivity contribution in [2.75, 3.05) is 18.4 Å². The molecule has 92 valence electrons. The highest BCUT2D eigenvalue weighted by molar-refractivity contribution is 5.94. The molecule has 0 fully saturated rings. The number of amides is 2. The summed E-state index contributed by atoms with van der Waals surface area (Å²) >= 11 is 0. The molecule has 0 aliphatic carbocycles. The fraction of sp³-hybridized carbons (Fsp3) is 0.200. The maximum absolute atomic E-state index is 12.9. The van der Waals surface area contributed by atoms with Crippen LogP contribution in [0.1, 0.15) is 0 Å². The summed E-state index contributed by atoms with van der Waals surface area (Å²) < 4.78 is 12.9. The van der Waals surface area contributed by atoms with Crippen LogP contribution in [0.15, 0.2) is 18.2 Å². The van der Waals surface area contributed by atoms with E-state index in [0.717, 1.165) is 12.1 Å². The molecule has 0 unspecified atom stereocenters. The third-order valence-electron chi connectivity index (χ3n) is 1.86. The Hall–Kier alpha value is -2.15. The topological polar surface area (TPSA) is 104 Å². The maximum atomic E-state index is 12.9. The van der Waals surface area contributed by atoms with Crippen molar-refractivity contribution >= 4 is 17.5 Å². The van der Waals surface area contributed by atoms with E-state index in [4.69, 9.17) is 10.8 Å². The quantitative estimate of drug-likeness (QED) is 0.535. The zero-order valence-electron chi connectivity index (χ0n) is 8.87. The first kappa shape index (κ1) is 12.9. The van der Waals surface area contributed by atoms with Gasteiger partial charge in [-0.1, -0.05) is 0 Å². The Bertz CT molecular complexity index is 437. The molecule has 6 nitrogen and oxygen atoms in total. The van der Waals surface area contributed by atoms with E-state index in [1.54, 1.807) is 0 Å². The van der Waals surface area contributed by atoms with Crippen molar-refractivity contribution in [3.8, 4) is 5.75 Å². The summed E-state index contributed by atoms with van der Waals surface area (Å²) in [5.74, 6) is -2.32. The predicted molar refractivity (Wildman–Crippen MR) is 58.8 cm³/mol. The Morgan fingerprint density at radius 2 is 2.06 bits per heavy atom. The number of nitrogens with two attached hydrogens (primary N) is 1. The molecular formula is C10H12FN3O3. The molecule has 1 rings (SSSR count). The second-order valence-corrected chi connectivity index (χ2v) is 3.20. The van der Waals surface area contributed by atoms with Crippen LogP contribution in [0.3, 0.4) is 0 Å². The number of halogens is 1. The van der Waals surface area contributed by atoms with Gasteiger partial charge in [0.25, 0.3) is 0 Å². The number of nitrogens with one attached hydrogen (secondary N) is 2. The van der Waals surface area contributed by atoms with Gasteiger partial charge >= 0.3 is 0 Å². The van der Waals surface area contributed by atoms with Gasteiger partial charge in [-0.05, 0) is 12.1 Å². The van der Waals surface area contributed by atoms with Crippen LogP contribution in [0, 0.1) is 5.82 Å². The van der Waals surface area contributed by atoms with Crippen LogP contribution in [-0.4, -0.2) is 30.0 Å². The van der Waals surface area contributed by atoms with E-state index in [1.807, 2.05) is 0 Å². The molecule has 0 radical (unpaired) electrons. The van der Waals surface area contributed by atoms with Crippen LogP contribution >= 0.6 is 0 Å². The van der Waals surface area contributed by atoms with Crippen LogP contribution < -0.4 is 16.4 Å². The van der Waals surface area contributed by atoms with Crippen LogP contribution in [0.4, 0.5) is 10.1 Å². The molecule has 1 aromatic rings. The minimum atomic E-state index is -0.839. The van der Waals surface area contributed by atoms with Crippen molar-refractivity contribution in [3.63, 3.8) is 0 Å². The van der Waals surface area contributed by atoms with Crippen molar-refractivity contribution in [1.82, 2.24) is 5.32 Å². The zero-order valence-corrected chi connectivity index (χ0v) is 8.87. The van der Waals surface area contributed by atoms with E-state index < -0.39 is 23.4 Å². The number of carbonyl (C=O) groups excluding carboxylic acids is 2. The summed E-state index contributed by atoms with van der Waals surface area (Å²) in [5.41, 5.74) is 5.21. The standard InChI is InChI=1S/C10H12FN3O3/c11-7-3-6(1-2-8(7)15)14-10(17)5-13-9(16)4-12/h1-3,15H,4-5,12H2,(H,13,16)(H,14,17).